The third kappa shape index (κ3) is 7.54. The van der Waals surface area contributed by atoms with Gasteiger partial charge >= 0.3 is 5.97 Å². The van der Waals surface area contributed by atoms with Gasteiger partial charge in [0.05, 0.1) is 31.0 Å². The molecule has 2 N–H and O–H groups in total. The summed E-state index contributed by atoms with van der Waals surface area (Å²) in [4.78, 5) is 57.5. The first-order valence-corrected chi connectivity index (χ1v) is 17.9. The summed E-state index contributed by atoms with van der Waals surface area (Å²) >= 11 is 0. The highest BCUT2D eigenvalue weighted by Gasteiger charge is 2.32. The number of nitrogens with zero attached hydrogens (tertiary/aromatic N) is 4. The highest BCUT2D eigenvalue weighted by atomic mass is 16.5. The van der Waals surface area contributed by atoms with Crippen molar-refractivity contribution in [1.29, 1.82) is 0 Å². The number of nitrogens with one attached hydrogen (secondary N) is 2. The van der Waals surface area contributed by atoms with Crippen LogP contribution in [-0.2, 0) is 23.6 Å². The summed E-state index contributed by atoms with van der Waals surface area (Å²) in [5.41, 5.74) is 7.85. The van der Waals surface area contributed by atoms with Gasteiger partial charge in [-0.05, 0) is 85.3 Å². The lowest BCUT2D eigenvalue weighted by atomic mass is 10.1. The molecule has 7 rings (SSSR count). The standard InChI is InChI=1S/C42H42N6O6/c1-26-19-34-35(43-23-33-7-5-17-48(33)41(34)51)22-38(26)54-18-6-8-39(49)44-31-13-9-27(10-14-31)29-20-36(46(2)24-29)40(50)45-32-15-11-28(12-16-32)30-21-37(42(52)53-4)47(3)25-30/h9-16,19-25,33H,5-8,17-18H2,1-4H3,(H,44,49)(H,45,50)/t33-/m0/s1. The molecule has 3 aromatic carbocycles. The highest BCUT2D eigenvalue weighted by Crippen LogP contribution is 2.34. The summed E-state index contributed by atoms with van der Waals surface area (Å²) < 4.78 is 14.3. The molecule has 12 heteroatoms. The Morgan fingerprint density at radius 1 is 0.833 bits per heavy atom. The summed E-state index contributed by atoms with van der Waals surface area (Å²) in [7, 11) is 4.96. The van der Waals surface area contributed by atoms with E-state index in [1.807, 2.05) is 104 Å². The number of fused-ring (bicyclic) bond motifs is 2. The molecule has 1 saturated heterocycles. The quantitative estimate of drug-likeness (QED) is 0.110. The van der Waals surface area contributed by atoms with Crippen LogP contribution in [0.25, 0.3) is 22.3 Å². The SMILES string of the molecule is COC(=O)c1cc(-c2ccc(NC(=O)c3cc(-c4ccc(NC(=O)CCCOc5cc6c(cc5C)C(=O)N5CCC[C@H]5C=N6)cc4)cn3C)cc2)cn1C. The van der Waals surface area contributed by atoms with Crippen molar-refractivity contribution in [2.75, 3.05) is 30.9 Å². The van der Waals surface area contributed by atoms with Crippen molar-refractivity contribution in [2.45, 2.75) is 38.6 Å². The lowest BCUT2D eigenvalue weighted by Gasteiger charge is -2.20. The number of benzene rings is 3. The lowest BCUT2D eigenvalue weighted by molar-refractivity contribution is -0.116. The highest BCUT2D eigenvalue weighted by molar-refractivity contribution is 6.04. The number of hydrogen-bond acceptors (Lipinski definition) is 7. The van der Waals surface area contributed by atoms with Gasteiger partial charge in [0, 0.05) is 74.2 Å². The second kappa shape index (κ2) is 15.3. The Hall–Kier alpha value is -6.43. The Morgan fingerprint density at radius 3 is 2.13 bits per heavy atom. The van der Waals surface area contributed by atoms with E-state index in [-0.39, 0.29) is 30.2 Å². The number of hydrogen-bond donors (Lipinski definition) is 2. The Bertz CT molecular complexity index is 2270. The van der Waals surface area contributed by atoms with Crippen LogP contribution in [0.15, 0.2) is 90.2 Å². The minimum Gasteiger partial charge on any atom is -0.493 e. The first-order chi connectivity index (χ1) is 26.1. The number of aromatic nitrogens is 2. The fraction of sp³-hybridized carbons (Fsp3) is 0.262. The van der Waals surface area contributed by atoms with Gasteiger partial charge in [0.25, 0.3) is 11.8 Å². The van der Waals surface area contributed by atoms with E-state index in [1.165, 1.54) is 7.11 Å². The summed E-state index contributed by atoms with van der Waals surface area (Å²) in [6, 6.07) is 22.2. The van der Waals surface area contributed by atoms with E-state index >= 15 is 0 Å². The van der Waals surface area contributed by atoms with Crippen LogP contribution < -0.4 is 15.4 Å². The molecular weight excluding hydrogens is 684 g/mol. The number of rotatable bonds is 11. The van der Waals surface area contributed by atoms with Crippen LogP contribution in [0.5, 0.6) is 5.75 Å². The molecule has 0 unspecified atom stereocenters. The van der Waals surface area contributed by atoms with Crippen molar-refractivity contribution in [3.05, 3.63) is 108 Å². The monoisotopic (exact) mass is 726 g/mol. The summed E-state index contributed by atoms with van der Waals surface area (Å²) in [6.45, 7) is 3.02. The van der Waals surface area contributed by atoms with Gasteiger partial charge in [-0.25, -0.2) is 4.79 Å². The zero-order valence-corrected chi connectivity index (χ0v) is 30.7. The van der Waals surface area contributed by atoms with Crippen molar-refractivity contribution < 1.29 is 28.7 Å². The first kappa shape index (κ1) is 36.0. The number of esters is 1. The van der Waals surface area contributed by atoms with Crippen LogP contribution in [0.3, 0.4) is 0 Å². The topological polar surface area (TPSA) is 136 Å². The van der Waals surface area contributed by atoms with E-state index < -0.39 is 5.97 Å². The van der Waals surface area contributed by atoms with Crippen LogP contribution in [0.4, 0.5) is 17.1 Å². The van der Waals surface area contributed by atoms with Crippen molar-refractivity contribution in [2.24, 2.45) is 19.1 Å². The molecule has 2 aliphatic heterocycles. The molecule has 3 amide bonds. The number of ether oxygens (including phenoxy) is 2. The maximum absolute atomic E-state index is 13.2. The Morgan fingerprint density at radius 2 is 1.46 bits per heavy atom. The number of anilines is 2. The van der Waals surface area contributed by atoms with E-state index in [4.69, 9.17) is 9.47 Å². The van der Waals surface area contributed by atoms with Crippen molar-refractivity contribution in [3.63, 3.8) is 0 Å². The number of aliphatic imine (C=N–C) groups is 1. The average molecular weight is 727 g/mol. The molecule has 1 fully saturated rings. The molecule has 2 aromatic heterocycles. The van der Waals surface area contributed by atoms with Crippen molar-refractivity contribution in [1.82, 2.24) is 14.0 Å². The zero-order chi connectivity index (χ0) is 37.9. The van der Waals surface area contributed by atoms with Gasteiger partial charge in [0.15, 0.2) is 0 Å². The van der Waals surface area contributed by atoms with Gasteiger partial charge in [0.1, 0.15) is 17.1 Å². The molecule has 2 aliphatic rings. The fourth-order valence-corrected chi connectivity index (χ4v) is 6.94. The third-order valence-corrected chi connectivity index (χ3v) is 9.89. The van der Waals surface area contributed by atoms with Gasteiger partial charge in [-0.1, -0.05) is 24.3 Å². The smallest absolute Gasteiger partial charge is 0.354 e. The van der Waals surface area contributed by atoms with E-state index in [9.17, 15) is 19.2 Å². The number of carbonyl (C=O) groups is 4. The van der Waals surface area contributed by atoms with Crippen molar-refractivity contribution in [3.8, 4) is 28.0 Å². The average Bonchev–Trinajstić information content (AvgIpc) is 3.89. The number of aryl methyl sites for hydroxylation is 3. The van der Waals surface area contributed by atoms with Crippen molar-refractivity contribution >= 4 is 47.0 Å². The van der Waals surface area contributed by atoms with E-state index in [0.29, 0.717) is 52.8 Å². The van der Waals surface area contributed by atoms with E-state index in [2.05, 4.69) is 15.6 Å². The first-order valence-electron chi connectivity index (χ1n) is 17.9. The Labute approximate surface area is 313 Å². The molecule has 0 spiro atoms. The second-order valence-electron chi connectivity index (χ2n) is 13.7. The summed E-state index contributed by atoms with van der Waals surface area (Å²) in [5, 5.41) is 5.90. The number of methoxy groups -OCH3 is 1. The van der Waals surface area contributed by atoms with Gasteiger partial charge in [-0.3, -0.25) is 19.4 Å². The second-order valence-corrected chi connectivity index (χ2v) is 13.7. The van der Waals surface area contributed by atoms with E-state index in [1.54, 1.807) is 22.2 Å². The molecule has 54 heavy (non-hydrogen) atoms. The van der Waals surface area contributed by atoms with Crippen LogP contribution in [0.2, 0.25) is 0 Å². The maximum Gasteiger partial charge on any atom is 0.354 e. The minimum atomic E-state index is -0.406. The van der Waals surface area contributed by atoms with Crippen LogP contribution in [0, 0.1) is 6.92 Å². The molecule has 0 bridgehead atoms. The van der Waals surface area contributed by atoms with Gasteiger partial charge in [0.2, 0.25) is 5.91 Å². The molecule has 0 saturated carbocycles. The maximum atomic E-state index is 13.2. The van der Waals surface area contributed by atoms with Crippen LogP contribution in [-0.4, -0.2) is 70.2 Å². The molecule has 4 heterocycles. The lowest BCUT2D eigenvalue weighted by Crippen LogP contribution is -2.35. The van der Waals surface area contributed by atoms with Crippen LogP contribution in [0.1, 0.15) is 62.6 Å². The van der Waals surface area contributed by atoms with E-state index in [0.717, 1.165) is 47.2 Å². The molecule has 276 valence electrons. The Kier molecular flexibility index (Phi) is 10.2. The molecule has 12 nitrogen and oxygen atoms in total. The molecule has 1 atom stereocenters. The molecule has 5 aromatic rings. The largest absolute Gasteiger partial charge is 0.493 e. The Balaban J connectivity index is 0.895. The third-order valence-electron chi connectivity index (χ3n) is 9.89. The summed E-state index contributed by atoms with van der Waals surface area (Å²) in [5.74, 6) is -0.103. The predicted octanol–water partition coefficient (Wildman–Crippen LogP) is 7.16. The molecule has 0 aliphatic carbocycles. The van der Waals surface area contributed by atoms with Gasteiger partial charge in [-0.15, -0.1) is 0 Å². The molecular formula is C42H42N6O6. The predicted molar refractivity (Wildman–Crippen MR) is 208 cm³/mol. The minimum absolute atomic E-state index is 0.0168. The normalized spacial score (nSPS) is 14.6. The van der Waals surface area contributed by atoms with Crippen LogP contribution >= 0.6 is 0 Å². The van der Waals surface area contributed by atoms with Gasteiger partial charge in [-0.2, -0.15) is 0 Å². The number of amides is 3. The number of carbonyl (C=O) groups excluding carboxylic acids is 4. The fourth-order valence-electron chi connectivity index (χ4n) is 6.94. The summed E-state index contributed by atoms with van der Waals surface area (Å²) in [6.07, 6.45) is 8.33. The zero-order valence-electron chi connectivity index (χ0n) is 30.7. The van der Waals surface area contributed by atoms with Gasteiger partial charge < -0.3 is 34.1 Å². The molecule has 0 radical (unpaired) electrons.